The number of hydrogen-bond donors (Lipinski definition) is 2. The van der Waals surface area contributed by atoms with E-state index < -0.39 is 12.1 Å². The third-order valence-corrected chi connectivity index (χ3v) is 5.04. The topological polar surface area (TPSA) is 101 Å². The Morgan fingerprint density at radius 1 is 1.45 bits per heavy atom. The SMILES string of the molecule is COc1ncccc1CN1CCC2(CC1)OCC(=O)NC2C.O=C(O)C(F)(F)F. The van der Waals surface area contributed by atoms with Crippen LogP contribution in [0.4, 0.5) is 13.2 Å². The lowest BCUT2D eigenvalue weighted by atomic mass is 9.83. The van der Waals surface area contributed by atoms with Crippen LogP contribution in [0.5, 0.6) is 5.88 Å². The molecule has 1 amide bonds. The number of morpholine rings is 1. The molecular weight excluding hydrogens is 395 g/mol. The number of hydrogen-bond acceptors (Lipinski definition) is 6. The Morgan fingerprint density at radius 3 is 2.59 bits per heavy atom. The lowest BCUT2D eigenvalue weighted by Crippen LogP contribution is -2.62. The molecule has 2 aliphatic rings. The van der Waals surface area contributed by atoms with Gasteiger partial charge in [0.2, 0.25) is 11.8 Å². The number of piperidine rings is 1. The summed E-state index contributed by atoms with van der Waals surface area (Å²) in [5.74, 6) is -2.08. The Labute approximate surface area is 166 Å². The minimum absolute atomic E-state index is 0.0133. The van der Waals surface area contributed by atoms with E-state index in [1.165, 1.54) is 0 Å². The molecule has 0 aromatic carbocycles. The van der Waals surface area contributed by atoms with E-state index in [1.54, 1.807) is 13.3 Å². The quantitative estimate of drug-likeness (QED) is 0.767. The van der Waals surface area contributed by atoms with Crippen molar-refractivity contribution in [3.63, 3.8) is 0 Å². The van der Waals surface area contributed by atoms with Gasteiger partial charge in [-0.05, 0) is 25.8 Å². The van der Waals surface area contributed by atoms with Crippen LogP contribution < -0.4 is 10.1 Å². The molecule has 0 aliphatic carbocycles. The standard InChI is InChI=1S/C16H23N3O3.C2HF3O2/c1-12-16(22-11-14(20)18-12)5-8-19(9-6-16)10-13-4-3-7-17-15(13)21-2;3-2(4,5)1(6)7/h3-4,7,12H,5-6,8-11H2,1-2H3,(H,18,20);(H,6,7). The number of amides is 1. The second kappa shape index (κ2) is 9.40. The average molecular weight is 419 g/mol. The van der Waals surface area contributed by atoms with Gasteiger partial charge in [-0.1, -0.05) is 6.07 Å². The van der Waals surface area contributed by atoms with Crippen molar-refractivity contribution in [2.45, 2.75) is 44.1 Å². The van der Waals surface area contributed by atoms with Gasteiger partial charge in [0.25, 0.3) is 0 Å². The second-order valence-electron chi connectivity index (χ2n) is 6.89. The molecule has 162 valence electrons. The number of pyridine rings is 1. The number of likely N-dealkylation sites (tertiary alicyclic amines) is 1. The summed E-state index contributed by atoms with van der Waals surface area (Å²) >= 11 is 0. The Morgan fingerprint density at radius 2 is 2.07 bits per heavy atom. The van der Waals surface area contributed by atoms with Gasteiger partial charge < -0.3 is 19.9 Å². The van der Waals surface area contributed by atoms with E-state index in [-0.39, 0.29) is 24.2 Å². The average Bonchev–Trinajstić information content (AvgIpc) is 2.67. The largest absolute Gasteiger partial charge is 0.490 e. The van der Waals surface area contributed by atoms with Crippen LogP contribution in [0, 0.1) is 0 Å². The molecule has 1 aromatic rings. The van der Waals surface area contributed by atoms with Crippen LogP contribution in [0.25, 0.3) is 0 Å². The number of carboxylic acid groups (broad SMARTS) is 1. The van der Waals surface area contributed by atoms with Crippen molar-refractivity contribution in [1.29, 1.82) is 0 Å². The smallest absolute Gasteiger partial charge is 0.481 e. The van der Waals surface area contributed by atoms with E-state index in [1.807, 2.05) is 13.0 Å². The van der Waals surface area contributed by atoms with Gasteiger partial charge in [-0.3, -0.25) is 9.69 Å². The molecule has 3 heterocycles. The third-order valence-electron chi connectivity index (χ3n) is 5.04. The van der Waals surface area contributed by atoms with Crippen molar-refractivity contribution in [3.8, 4) is 5.88 Å². The molecule has 2 aliphatic heterocycles. The summed E-state index contributed by atoms with van der Waals surface area (Å²) < 4.78 is 43.0. The van der Waals surface area contributed by atoms with Crippen LogP contribution >= 0.6 is 0 Å². The molecule has 0 radical (unpaired) electrons. The number of aromatic nitrogens is 1. The maximum atomic E-state index is 11.4. The van der Waals surface area contributed by atoms with Gasteiger partial charge in [0.05, 0.1) is 18.8 Å². The number of nitrogens with one attached hydrogen (secondary N) is 1. The number of alkyl halides is 3. The first-order valence-electron chi connectivity index (χ1n) is 9.01. The van der Waals surface area contributed by atoms with Crippen molar-refractivity contribution < 1.29 is 37.3 Å². The first-order chi connectivity index (χ1) is 13.6. The minimum Gasteiger partial charge on any atom is -0.481 e. The number of carboxylic acids is 1. The highest BCUT2D eigenvalue weighted by Crippen LogP contribution is 2.32. The van der Waals surface area contributed by atoms with Crippen molar-refractivity contribution in [3.05, 3.63) is 23.9 Å². The lowest BCUT2D eigenvalue weighted by molar-refractivity contribution is -0.192. The first kappa shape index (κ1) is 22.9. The van der Waals surface area contributed by atoms with E-state index in [2.05, 4.69) is 21.3 Å². The zero-order valence-electron chi connectivity index (χ0n) is 16.2. The molecule has 8 nitrogen and oxygen atoms in total. The number of carbonyl (C=O) groups excluding carboxylic acids is 1. The zero-order chi connectivity index (χ0) is 21.7. The maximum absolute atomic E-state index is 11.4. The number of methoxy groups -OCH3 is 1. The van der Waals surface area contributed by atoms with Crippen molar-refractivity contribution in [1.82, 2.24) is 15.2 Å². The summed E-state index contributed by atoms with van der Waals surface area (Å²) in [6.07, 6.45) is -1.48. The van der Waals surface area contributed by atoms with Crippen LogP contribution in [0.2, 0.25) is 0 Å². The highest BCUT2D eigenvalue weighted by atomic mass is 19.4. The van der Waals surface area contributed by atoms with E-state index in [0.29, 0.717) is 5.88 Å². The van der Waals surface area contributed by atoms with Gasteiger partial charge in [-0.2, -0.15) is 13.2 Å². The van der Waals surface area contributed by atoms with Crippen LogP contribution in [-0.4, -0.2) is 71.5 Å². The summed E-state index contributed by atoms with van der Waals surface area (Å²) in [6.45, 7) is 4.93. The highest BCUT2D eigenvalue weighted by molar-refractivity contribution is 5.78. The minimum atomic E-state index is -5.08. The van der Waals surface area contributed by atoms with Gasteiger partial charge in [0.1, 0.15) is 6.61 Å². The fourth-order valence-corrected chi connectivity index (χ4v) is 3.39. The van der Waals surface area contributed by atoms with Crippen LogP contribution in [0.15, 0.2) is 18.3 Å². The summed E-state index contributed by atoms with van der Waals surface area (Å²) in [5.41, 5.74) is 0.899. The highest BCUT2D eigenvalue weighted by Gasteiger charge is 2.44. The number of carbonyl (C=O) groups is 2. The molecule has 11 heteroatoms. The Bertz CT molecular complexity index is 721. The van der Waals surface area contributed by atoms with Gasteiger partial charge in [0, 0.05) is 31.4 Å². The van der Waals surface area contributed by atoms with E-state index in [0.717, 1.165) is 38.0 Å². The molecule has 0 bridgehead atoms. The number of nitrogens with zero attached hydrogens (tertiary/aromatic N) is 2. The normalized spacial score (nSPS) is 21.7. The predicted molar refractivity (Wildman–Crippen MR) is 95.3 cm³/mol. The fraction of sp³-hybridized carbons (Fsp3) is 0.611. The monoisotopic (exact) mass is 419 g/mol. The number of aliphatic carboxylic acids is 1. The molecule has 3 rings (SSSR count). The summed E-state index contributed by atoms with van der Waals surface area (Å²) in [7, 11) is 1.65. The molecule has 2 saturated heterocycles. The first-order valence-corrected chi connectivity index (χ1v) is 9.01. The lowest BCUT2D eigenvalue weighted by Gasteiger charge is -2.47. The molecule has 1 spiro atoms. The maximum Gasteiger partial charge on any atom is 0.490 e. The van der Waals surface area contributed by atoms with Gasteiger partial charge in [-0.15, -0.1) is 0 Å². The fourth-order valence-electron chi connectivity index (χ4n) is 3.39. The van der Waals surface area contributed by atoms with Crippen molar-refractivity contribution >= 4 is 11.9 Å². The van der Waals surface area contributed by atoms with E-state index in [9.17, 15) is 18.0 Å². The summed E-state index contributed by atoms with van der Waals surface area (Å²) in [6, 6.07) is 4.06. The molecule has 2 N–H and O–H groups in total. The number of ether oxygens (including phenoxy) is 2. The zero-order valence-corrected chi connectivity index (χ0v) is 16.2. The van der Waals surface area contributed by atoms with Crippen LogP contribution in [0.1, 0.15) is 25.3 Å². The number of rotatable bonds is 3. The van der Waals surface area contributed by atoms with Crippen LogP contribution in [-0.2, 0) is 20.9 Å². The van der Waals surface area contributed by atoms with Gasteiger partial charge >= 0.3 is 12.1 Å². The molecule has 29 heavy (non-hydrogen) atoms. The van der Waals surface area contributed by atoms with E-state index in [4.69, 9.17) is 19.4 Å². The molecule has 1 atom stereocenters. The predicted octanol–water partition coefficient (Wildman–Crippen LogP) is 1.59. The second-order valence-corrected chi connectivity index (χ2v) is 6.89. The number of halogens is 3. The Kier molecular flexibility index (Phi) is 7.42. The Balaban J connectivity index is 0.000000370. The third kappa shape index (κ3) is 6.04. The molecular formula is C18H24F3N3O5. The summed E-state index contributed by atoms with van der Waals surface area (Å²) in [5, 5.41) is 10.1. The Hall–Kier alpha value is -2.40. The van der Waals surface area contributed by atoms with Crippen molar-refractivity contribution in [2.24, 2.45) is 0 Å². The van der Waals surface area contributed by atoms with Crippen LogP contribution in [0.3, 0.4) is 0 Å². The van der Waals surface area contributed by atoms with Gasteiger partial charge in [0.15, 0.2) is 0 Å². The molecule has 0 saturated carbocycles. The van der Waals surface area contributed by atoms with E-state index >= 15 is 0 Å². The molecule has 1 aromatic heterocycles. The summed E-state index contributed by atoms with van der Waals surface area (Å²) in [4.78, 5) is 26.9. The molecule has 1 unspecified atom stereocenters. The van der Waals surface area contributed by atoms with Gasteiger partial charge in [-0.25, -0.2) is 9.78 Å². The molecule has 2 fully saturated rings. The van der Waals surface area contributed by atoms with Crippen molar-refractivity contribution in [2.75, 3.05) is 26.8 Å².